The molecule has 0 fully saturated rings. The Morgan fingerprint density at radius 1 is 0.947 bits per heavy atom. The highest BCUT2D eigenvalue weighted by molar-refractivity contribution is 7.15. The van der Waals surface area contributed by atoms with Gasteiger partial charge >= 0.3 is 0 Å². The van der Waals surface area contributed by atoms with Gasteiger partial charge in [0.25, 0.3) is 0 Å². The standard InChI is InChI=1S/C15H13N3S/c1-10-14(11-2-4-13(16)5-3-11)18-15(19-10)12-6-8-17-9-7-12/h2-9H,16H2,1H3. The maximum Gasteiger partial charge on any atom is 0.124 e. The molecule has 0 bridgehead atoms. The van der Waals surface area contributed by atoms with Crippen LogP contribution >= 0.6 is 11.3 Å². The van der Waals surface area contributed by atoms with Crippen LogP contribution in [0.2, 0.25) is 0 Å². The summed E-state index contributed by atoms with van der Waals surface area (Å²) < 4.78 is 0. The van der Waals surface area contributed by atoms with Gasteiger partial charge < -0.3 is 5.73 Å². The molecule has 0 saturated heterocycles. The van der Waals surface area contributed by atoms with Crippen molar-refractivity contribution in [3.8, 4) is 21.8 Å². The Morgan fingerprint density at radius 2 is 1.63 bits per heavy atom. The van der Waals surface area contributed by atoms with Gasteiger partial charge in [0.15, 0.2) is 0 Å². The molecule has 4 heteroatoms. The molecule has 0 radical (unpaired) electrons. The van der Waals surface area contributed by atoms with Crippen LogP contribution in [0.15, 0.2) is 48.8 Å². The normalized spacial score (nSPS) is 10.6. The molecule has 3 nitrogen and oxygen atoms in total. The second-order valence-corrected chi connectivity index (χ2v) is 5.48. The van der Waals surface area contributed by atoms with E-state index in [0.29, 0.717) is 0 Å². The minimum Gasteiger partial charge on any atom is -0.399 e. The van der Waals surface area contributed by atoms with Crippen LogP contribution in [-0.2, 0) is 0 Å². The van der Waals surface area contributed by atoms with Gasteiger partial charge in [0, 0.05) is 34.1 Å². The quantitative estimate of drug-likeness (QED) is 0.719. The summed E-state index contributed by atoms with van der Waals surface area (Å²) in [4.78, 5) is 9.97. The van der Waals surface area contributed by atoms with Gasteiger partial charge in [-0.2, -0.15) is 0 Å². The Morgan fingerprint density at radius 3 is 2.32 bits per heavy atom. The smallest absolute Gasteiger partial charge is 0.124 e. The van der Waals surface area contributed by atoms with Crippen molar-refractivity contribution in [2.45, 2.75) is 6.92 Å². The maximum absolute atomic E-state index is 5.71. The summed E-state index contributed by atoms with van der Waals surface area (Å²) in [5, 5.41) is 1.02. The Hall–Kier alpha value is -2.20. The second kappa shape index (κ2) is 4.82. The molecule has 3 rings (SSSR count). The van der Waals surface area contributed by atoms with Gasteiger partial charge in [-0.3, -0.25) is 4.98 Å². The van der Waals surface area contributed by atoms with E-state index in [4.69, 9.17) is 10.7 Å². The number of thiazole rings is 1. The number of nitrogen functional groups attached to an aromatic ring is 1. The van der Waals surface area contributed by atoms with Gasteiger partial charge in [-0.15, -0.1) is 11.3 Å². The van der Waals surface area contributed by atoms with E-state index in [1.54, 1.807) is 23.7 Å². The highest BCUT2D eigenvalue weighted by atomic mass is 32.1. The molecular weight excluding hydrogens is 254 g/mol. The average molecular weight is 267 g/mol. The number of hydrogen-bond acceptors (Lipinski definition) is 4. The lowest BCUT2D eigenvalue weighted by Gasteiger charge is -1.99. The maximum atomic E-state index is 5.71. The van der Waals surface area contributed by atoms with E-state index < -0.39 is 0 Å². The zero-order valence-electron chi connectivity index (χ0n) is 10.5. The SMILES string of the molecule is Cc1sc(-c2ccncc2)nc1-c1ccc(N)cc1. The fraction of sp³-hybridized carbons (Fsp3) is 0.0667. The number of aromatic nitrogens is 2. The van der Waals surface area contributed by atoms with Gasteiger partial charge in [0.2, 0.25) is 0 Å². The molecular formula is C15H13N3S. The first-order chi connectivity index (χ1) is 9.24. The Kier molecular flexibility index (Phi) is 3.01. The molecule has 94 valence electrons. The number of rotatable bonds is 2. The van der Waals surface area contributed by atoms with Crippen LogP contribution in [0.1, 0.15) is 4.88 Å². The van der Waals surface area contributed by atoms with Crippen molar-refractivity contribution < 1.29 is 0 Å². The summed E-state index contributed by atoms with van der Waals surface area (Å²) in [6, 6.07) is 11.8. The number of pyridine rings is 1. The minimum absolute atomic E-state index is 0.769. The summed E-state index contributed by atoms with van der Waals surface area (Å²) in [6.07, 6.45) is 3.57. The first-order valence-electron chi connectivity index (χ1n) is 5.98. The summed E-state index contributed by atoms with van der Waals surface area (Å²) in [5.74, 6) is 0. The fourth-order valence-electron chi connectivity index (χ4n) is 1.92. The molecule has 0 aliphatic carbocycles. The highest BCUT2D eigenvalue weighted by Gasteiger charge is 2.10. The molecule has 2 aromatic heterocycles. The predicted octanol–water partition coefficient (Wildman–Crippen LogP) is 3.76. The van der Waals surface area contributed by atoms with Crippen LogP contribution in [-0.4, -0.2) is 9.97 Å². The molecule has 0 amide bonds. The first kappa shape index (κ1) is 11.9. The third-order valence-electron chi connectivity index (χ3n) is 2.91. The van der Waals surface area contributed by atoms with Crippen LogP contribution in [0.5, 0.6) is 0 Å². The first-order valence-corrected chi connectivity index (χ1v) is 6.79. The Bertz CT molecular complexity index is 687. The third-order valence-corrected chi connectivity index (χ3v) is 3.93. The minimum atomic E-state index is 0.769. The number of nitrogens with zero attached hydrogens (tertiary/aromatic N) is 2. The zero-order valence-corrected chi connectivity index (χ0v) is 11.3. The summed E-state index contributed by atoms with van der Waals surface area (Å²) in [6.45, 7) is 2.09. The molecule has 19 heavy (non-hydrogen) atoms. The van der Waals surface area contributed by atoms with E-state index in [1.165, 1.54) is 4.88 Å². The molecule has 3 aromatic rings. The molecule has 0 aliphatic heterocycles. The summed E-state index contributed by atoms with van der Waals surface area (Å²) in [7, 11) is 0. The van der Waals surface area contributed by atoms with Crippen LogP contribution < -0.4 is 5.73 Å². The van der Waals surface area contributed by atoms with Crippen molar-refractivity contribution in [3.05, 3.63) is 53.7 Å². The van der Waals surface area contributed by atoms with Crippen molar-refractivity contribution in [1.29, 1.82) is 0 Å². The van der Waals surface area contributed by atoms with Crippen molar-refractivity contribution in [2.75, 3.05) is 5.73 Å². The zero-order chi connectivity index (χ0) is 13.2. The lowest BCUT2D eigenvalue weighted by molar-refractivity contribution is 1.31. The van der Waals surface area contributed by atoms with Gasteiger partial charge in [-0.25, -0.2) is 4.98 Å². The number of benzene rings is 1. The van der Waals surface area contributed by atoms with Gasteiger partial charge in [0.05, 0.1) is 5.69 Å². The van der Waals surface area contributed by atoms with Crippen molar-refractivity contribution in [3.63, 3.8) is 0 Å². The van der Waals surface area contributed by atoms with Gasteiger partial charge in [-0.05, 0) is 31.2 Å². The Balaban J connectivity index is 2.05. The average Bonchev–Trinajstić information content (AvgIpc) is 2.83. The molecule has 2 N–H and O–H groups in total. The number of hydrogen-bond donors (Lipinski definition) is 1. The molecule has 1 aromatic carbocycles. The molecule has 0 atom stereocenters. The largest absolute Gasteiger partial charge is 0.399 e. The van der Waals surface area contributed by atoms with Crippen molar-refractivity contribution in [2.24, 2.45) is 0 Å². The lowest BCUT2D eigenvalue weighted by Crippen LogP contribution is -1.85. The van der Waals surface area contributed by atoms with E-state index in [9.17, 15) is 0 Å². The third kappa shape index (κ3) is 2.35. The number of nitrogens with two attached hydrogens (primary N) is 1. The fourth-order valence-corrected chi connectivity index (χ4v) is 2.86. The van der Waals surface area contributed by atoms with E-state index in [0.717, 1.165) is 27.5 Å². The van der Waals surface area contributed by atoms with Crippen LogP contribution in [0.25, 0.3) is 21.8 Å². The number of anilines is 1. The molecule has 2 heterocycles. The summed E-state index contributed by atoms with van der Waals surface area (Å²) >= 11 is 1.70. The van der Waals surface area contributed by atoms with Gasteiger partial charge in [0.1, 0.15) is 5.01 Å². The number of aryl methyl sites for hydroxylation is 1. The van der Waals surface area contributed by atoms with Crippen LogP contribution in [0, 0.1) is 6.92 Å². The Labute approximate surface area is 115 Å². The molecule has 0 aliphatic rings. The van der Waals surface area contributed by atoms with E-state index in [2.05, 4.69) is 11.9 Å². The van der Waals surface area contributed by atoms with Crippen molar-refractivity contribution >= 4 is 17.0 Å². The highest BCUT2D eigenvalue weighted by Crippen LogP contribution is 2.33. The topological polar surface area (TPSA) is 51.8 Å². The predicted molar refractivity (Wildman–Crippen MR) is 79.9 cm³/mol. The summed E-state index contributed by atoms with van der Waals surface area (Å²) in [5.41, 5.74) is 9.71. The monoisotopic (exact) mass is 267 g/mol. The van der Waals surface area contributed by atoms with E-state index in [-0.39, 0.29) is 0 Å². The van der Waals surface area contributed by atoms with E-state index in [1.807, 2.05) is 36.4 Å². The molecule has 0 unspecified atom stereocenters. The second-order valence-electron chi connectivity index (χ2n) is 4.28. The van der Waals surface area contributed by atoms with Crippen LogP contribution in [0.3, 0.4) is 0 Å². The van der Waals surface area contributed by atoms with E-state index >= 15 is 0 Å². The molecule has 0 saturated carbocycles. The lowest BCUT2D eigenvalue weighted by atomic mass is 10.1. The van der Waals surface area contributed by atoms with Crippen LogP contribution in [0.4, 0.5) is 5.69 Å². The van der Waals surface area contributed by atoms with Gasteiger partial charge in [-0.1, -0.05) is 12.1 Å². The van der Waals surface area contributed by atoms with Crippen molar-refractivity contribution in [1.82, 2.24) is 9.97 Å². The molecule has 0 spiro atoms.